The van der Waals surface area contributed by atoms with Crippen LogP contribution < -0.4 is 0 Å². The van der Waals surface area contributed by atoms with E-state index in [4.69, 9.17) is 0 Å². The molecule has 3 aromatic rings. The van der Waals surface area contributed by atoms with Crippen molar-refractivity contribution in [2.75, 3.05) is 5.75 Å². The van der Waals surface area contributed by atoms with Gasteiger partial charge in [-0.15, -0.1) is 11.8 Å². The van der Waals surface area contributed by atoms with E-state index in [0.717, 1.165) is 12.2 Å². The van der Waals surface area contributed by atoms with Gasteiger partial charge in [0.1, 0.15) is 0 Å². The third-order valence-corrected chi connectivity index (χ3v) is 4.28. The van der Waals surface area contributed by atoms with Crippen molar-refractivity contribution in [3.63, 3.8) is 0 Å². The Morgan fingerprint density at radius 3 is 2.32 bits per heavy atom. The summed E-state index contributed by atoms with van der Waals surface area (Å²) in [5, 5.41) is 2.73. The van der Waals surface area contributed by atoms with Gasteiger partial charge in [0.15, 0.2) is 0 Å². The minimum atomic E-state index is 1.11. The second kappa shape index (κ2) is 5.94. The minimum Gasteiger partial charge on any atom is -0.126 e. The van der Waals surface area contributed by atoms with Crippen LogP contribution >= 0.6 is 11.8 Å². The van der Waals surface area contributed by atoms with Crippen LogP contribution in [0.2, 0.25) is 0 Å². The van der Waals surface area contributed by atoms with Gasteiger partial charge in [-0.3, -0.25) is 0 Å². The van der Waals surface area contributed by atoms with E-state index in [2.05, 4.69) is 72.8 Å². The Bertz CT molecular complexity index is 653. The second-order valence-corrected chi connectivity index (χ2v) is 5.72. The number of aryl methyl sites for hydroxylation is 1. The summed E-state index contributed by atoms with van der Waals surface area (Å²) in [5.41, 5.74) is 1.45. The molecule has 1 heteroatoms. The number of thioether (sulfide) groups is 1. The molecule has 94 valence electrons. The Labute approximate surface area is 118 Å². The molecule has 0 aliphatic carbocycles. The van der Waals surface area contributed by atoms with Crippen molar-refractivity contribution < 1.29 is 0 Å². The predicted molar refractivity (Wildman–Crippen MR) is 84.8 cm³/mol. The number of benzene rings is 3. The summed E-state index contributed by atoms with van der Waals surface area (Å²) in [7, 11) is 0. The maximum atomic E-state index is 2.24. The lowest BCUT2D eigenvalue weighted by Gasteiger charge is -2.06. The van der Waals surface area contributed by atoms with Gasteiger partial charge < -0.3 is 0 Å². The highest BCUT2D eigenvalue weighted by Gasteiger charge is 2.00. The fourth-order valence-corrected chi connectivity index (χ4v) is 3.21. The highest BCUT2D eigenvalue weighted by Crippen LogP contribution is 2.22. The van der Waals surface area contributed by atoms with Crippen LogP contribution in [-0.4, -0.2) is 5.75 Å². The lowest BCUT2D eigenvalue weighted by atomic mass is 10.0. The summed E-state index contributed by atoms with van der Waals surface area (Å²) in [4.78, 5) is 1.35. The molecule has 3 rings (SSSR count). The molecule has 0 bridgehead atoms. The molecular formula is C18H16S. The van der Waals surface area contributed by atoms with E-state index >= 15 is 0 Å². The summed E-state index contributed by atoms with van der Waals surface area (Å²) in [6.45, 7) is 0. The van der Waals surface area contributed by atoms with Crippen molar-refractivity contribution in [3.05, 3.63) is 78.4 Å². The molecule has 0 unspecified atom stereocenters. The van der Waals surface area contributed by atoms with E-state index in [-0.39, 0.29) is 0 Å². The number of hydrogen-bond donors (Lipinski definition) is 0. The lowest BCUT2D eigenvalue weighted by Crippen LogP contribution is -1.90. The summed E-state index contributed by atoms with van der Waals surface area (Å²) >= 11 is 1.92. The average molecular weight is 264 g/mol. The Morgan fingerprint density at radius 2 is 1.42 bits per heavy atom. The largest absolute Gasteiger partial charge is 0.126 e. The van der Waals surface area contributed by atoms with Crippen LogP contribution in [0.15, 0.2) is 77.7 Å². The van der Waals surface area contributed by atoms with E-state index in [1.165, 1.54) is 21.2 Å². The van der Waals surface area contributed by atoms with Crippen LogP contribution in [-0.2, 0) is 6.42 Å². The lowest BCUT2D eigenvalue weighted by molar-refractivity contribution is 1.17. The molecule has 0 atom stereocenters. The Morgan fingerprint density at radius 1 is 0.684 bits per heavy atom. The maximum absolute atomic E-state index is 2.24. The van der Waals surface area contributed by atoms with Gasteiger partial charge in [0.05, 0.1) is 0 Å². The summed E-state index contributed by atoms with van der Waals surface area (Å²) in [5.74, 6) is 1.12. The smallest absolute Gasteiger partial charge is 0.00720 e. The van der Waals surface area contributed by atoms with Crippen molar-refractivity contribution >= 4 is 22.5 Å². The predicted octanol–water partition coefficient (Wildman–Crippen LogP) is 5.17. The monoisotopic (exact) mass is 264 g/mol. The molecule has 0 aromatic heterocycles. The first-order valence-electron chi connectivity index (χ1n) is 6.58. The first-order chi connectivity index (χ1) is 9.43. The van der Waals surface area contributed by atoms with Crippen molar-refractivity contribution in [1.29, 1.82) is 0 Å². The topological polar surface area (TPSA) is 0 Å². The van der Waals surface area contributed by atoms with Gasteiger partial charge in [0, 0.05) is 10.6 Å². The SMILES string of the molecule is c1ccc(SCCc2cccc3ccccc23)cc1. The molecule has 0 nitrogen and oxygen atoms in total. The van der Waals surface area contributed by atoms with Crippen LogP contribution in [0.25, 0.3) is 10.8 Å². The van der Waals surface area contributed by atoms with Crippen LogP contribution in [0, 0.1) is 0 Å². The van der Waals surface area contributed by atoms with Gasteiger partial charge in [0.2, 0.25) is 0 Å². The zero-order valence-electron chi connectivity index (χ0n) is 10.8. The molecule has 3 aromatic carbocycles. The van der Waals surface area contributed by atoms with Crippen molar-refractivity contribution in [2.24, 2.45) is 0 Å². The molecule has 0 aliphatic heterocycles. The molecular weight excluding hydrogens is 248 g/mol. The van der Waals surface area contributed by atoms with Gasteiger partial charge in [-0.05, 0) is 34.9 Å². The molecule has 0 aliphatic rings. The summed E-state index contributed by atoms with van der Waals surface area (Å²) in [6.07, 6.45) is 1.11. The fourth-order valence-electron chi connectivity index (χ4n) is 2.31. The normalized spacial score (nSPS) is 10.7. The first-order valence-corrected chi connectivity index (χ1v) is 7.56. The van der Waals surface area contributed by atoms with E-state index in [0.29, 0.717) is 0 Å². The molecule has 0 saturated heterocycles. The van der Waals surface area contributed by atoms with Crippen LogP contribution in [0.3, 0.4) is 0 Å². The zero-order valence-corrected chi connectivity index (χ0v) is 11.6. The summed E-state index contributed by atoms with van der Waals surface area (Å²) in [6, 6.07) is 25.8. The first kappa shape index (κ1) is 12.3. The number of rotatable bonds is 4. The van der Waals surface area contributed by atoms with E-state index in [1.807, 2.05) is 11.8 Å². The van der Waals surface area contributed by atoms with Crippen molar-refractivity contribution in [3.8, 4) is 0 Å². The van der Waals surface area contributed by atoms with Crippen LogP contribution in [0.1, 0.15) is 5.56 Å². The summed E-state index contributed by atoms with van der Waals surface area (Å²) < 4.78 is 0. The molecule has 0 heterocycles. The van der Waals surface area contributed by atoms with Gasteiger partial charge in [-0.2, -0.15) is 0 Å². The van der Waals surface area contributed by atoms with Crippen molar-refractivity contribution in [2.45, 2.75) is 11.3 Å². The van der Waals surface area contributed by atoms with Gasteiger partial charge in [0.25, 0.3) is 0 Å². The van der Waals surface area contributed by atoms with Crippen LogP contribution in [0.5, 0.6) is 0 Å². The Kier molecular flexibility index (Phi) is 3.85. The fraction of sp³-hybridized carbons (Fsp3) is 0.111. The molecule has 0 N–H and O–H groups in total. The van der Waals surface area contributed by atoms with E-state index in [9.17, 15) is 0 Å². The third-order valence-electron chi connectivity index (χ3n) is 3.26. The zero-order chi connectivity index (χ0) is 12.9. The van der Waals surface area contributed by atoms with Crippen molar-refractivity contribution in [1.82, 2.24) is 0 Å². The Hall–Kier alpha value is -1.73. The quantitative estimate of drug-likeness (QED) is 0.585. The van der Waals surface area contributed by atoms with Crippen LogP contribution in [0.4, 0.5) is 0 Å². The molecule has 0 amide bonds. The second-order valence-electron chi connectivity index (χ2n) is 4.55. The molecule has 0 spiro atoms. The van der Waals surface area contributed by atoms with Gasteiger partial charge in [-0.25, -0.2) is 0 Å². The maximum Gasteiger partial charge on any atom is 0.00720 e. The highest BCUT2D eigenvalue weighted by atomic mass is 32.2. The van der Waals surface area contributed by atoms with E-state index < -0.39 is 0 Å². The molecule has 0 radical (unpaired) electrons. The van der Waals surface area contributed by atoms with Gasteiger partial charge >= 0.3 is 0 Å². The third kappa shape index (κ3) is 2.99. The Balaban J connectivity index is 1.72. The number of fused-ring (bicyclic) bond motifs is 1. The standard InChI is InChI=1S/C18H16S/c1-2-10-17(11-3-1)19-14-13-16-9-6-8-15-7-4-5-12-18(15)16/h1-12H,13-14H2. The van der Waals surface area contributed by atoms with E-state index in [1.54, 1.807) is 0 Å². The molecule has 19 heavy (non-hydrogen) atoms. The molecule has 0 saturated carbocycles. The van der Waals surface area contributed by atoms with Gasteiger partial charge in [-0.1, -0.05) is 60.7 Å². The highest BCUT2D eigenvalue weighted by molar-refractivity contribution is 7.99. The number of hydrogen-bond acceptors (Lipinski definition) is 1. The molecule has 0 fully saturated rings. The average Bonchev–Trinajstić information content (AvgIpc) is 2.49. The minimum absolute atomic E-state index is 1.11.